The number of hydrogen-bond acceptors (Lipinski definition) is 4. The van der Waals surface area contributed by atoms with E-state index in [9.17, 15) is 4.79 Å². The zero-order valence-electron chi connectivity index (χ0n) is 17.9. The van der Waals surface area contributed by atoms with Crippen molar-refractivity contribution < 1.29 is 4.79 Å². The lowest BCUT2D eigenvalue weighted by molar-refractivity contribution is -0.124. The molecule has 30 heavy (non-hydrogen) atoms. The normalized spacial score (nSPS) is 24.6. The van der Waals surface area contributed by atoms with Gasteiger partial charge in [0.15, 0.2) is 5.17 Å². The maximum Gasteiger partial charge on any atom is 0.267 e. The standard InChI is InChI=1S/C25H29N3OS/c1-18-9-7-8-12-22(18)28-24(29)23(17-19-13-15-21(16-14-19)27(2)3)30-25(28)26-20-10-5-4-6-11-20/h4-6,10-11,13-18,22H,7-9,12H2,1-3H3/b23-17-,26-25?/t18-,22+/m1/s1. The monoisotopic (exact) mass is 419 g/mol. The molecular formula is C25H29N3OS. The van der Waals surface area contributed by atoms with Gasteiger partial charge in [0.25, 0.3) is 5.91 Å². The van der Waals surface area contributed by atoms with Crippen molar-refractivity contribution in [1.82, 2.24) is 4.90 Å². The molecule has 1 saturated carbocycles. The molecule has 2 aliphatic rings. The lowest BCUT2D eigenvalue weighted by Crippen LogP contribution is -2.44. The summed E-state index contributed by atoms with van der Waals surface area (Å²) in [5.74, 6) is 0.577. The molecular weight excluding hydrogens is 390 g/mol. The average Bonchev–Trinajstić information content (AvgIpc) is 3.04. The van der Waals surface area contributed by atoms with Gasteiger partial charge in [0.1, 0.15) is 0 Å². The molecule has 0 aromatic heterocycles. The minimum atomic E-state index is 0.0881. The van der Waals surface area contributed by atoms with Crippen molar-refractivity contribution in [3.8, 4) is 0 Å². The largest absolute Gasteiger partial charge is 0.378 e. The zero-order valence-corrected chi connectivity index (χ0v) is 18.7. The Kier molecular flexibility index (Phi) is 6.28. The predicted octanol–water partition coefficient (Wildman–Crippen LogP) is 5.94. The Morgan fingerprint density at radius 1 is 1.03 bits per heavy atom. The van der Waals surface area contributed by atoms with E-state index in [-0.39, 0.29) is 11.9 Å². The molecule has 0 radical (unpaired) electrons. The molecule has 1 aliphatic carbocycles. The molecule has 0 spiro atoms. The Labute approximate surface area is 183 Å². The van der Waals surface area contributed by atoms with Gasteiger partial charge in [0.05, 0.1) is 10.6 Å². The summed E-state index contributed by atoms with van der Waals surface area (Å²) in [5, 5.41) is 0.807. The molecule has 0 N–H and O–H groups in total. The van der Waals surface area contributed by atoms with Crippen LogP contribution >= 0.6 is 11.8 Å². The van der Waals surface area contributed by atoms with Crippen molar-refractivity contribution in [2.45, 2.75) is 38.6 Å². The van der Waals surface area contributed by atoms with Crippen molar-refractivity contribution in [2.24, 2.45) is 10.9 Å². The van der Waals surface area contributed by atoms with E-state index in [4.69, 9.17) is 4.99 Å². The van der Waals surface area contributed by atoms with Crippen molar-refractivity contribution in [3.05, 3.63) is 65.1 Å². The summed E-state index contributed by atoms with van der Waals surface area (Å²) in [7, 11) is 4.05. The highest BCUT2D eigenvalue weighted by Gasteiger charge is 2.41. The summed E-state index contributed by atoms with van der Waals surface area (Å²) >= 11 is 1.50. The van der Waals surface area contributed by atoms with Gasteiger partial charge in [-0.1, -0.05) is 50.1 Å². The molecule has 2 atom stereocenters. The van der Waals surface area contributed by atoms with Crippen LogP contribution in [0.15, 0.2) is 64.5 Å². The molecule has 1 saturated heterocycles. The van der Waals surface area contributed by atoms with Gasteiger partial charge in [-0.25, -0.2) is 4.99 Å². The number of aliphatic imine (C=N–C) groups is 1. The number of anilines is 1. The van der Waals surface area contributed by atoms with Gasteiger partial charge in [0.2, 0.25) is 0 Å². The minimum Gasteiger partial charge on any atom is -0.378 e. The predicted molar refractivity (Wildman–Crippen MR) is 128 cm³/mol. The molecule has 2 aromatic rings. The molecule has 1 heterocycles. The van der Waals surface area contributed by atoms with E-state index < -0.39 is 0 Å². The van der Waals surface area contributed by atoms with Crippen LogP contribution < -0.4 is 4.90 Å². The highest BCUT2D eigenvalue weighted by Crippen LogP contribution is 2.40. The van der Waals surface area contributed by atoms with Crippen LogP contribution in [0.4, 0.5) is 11.4 Å². The van der Waals surface area contributed by atoms with Gasteiger partial charge in [-0.3, -0.25) is 9.69 Å². The molecule has 5 heteroatoms. The van der Waals surface area contributed by atoms with E-state index in [0.29, 0.717) is 5.92 Å². The Bertz CT molecular complexity index is 950. The maximum absolute atomic E-state index is 13.5. The number of carbonyl (C=O) groups is 1. The summed E-state index contributed by atoms with van der Waals surface area (Å²) < 4.78 is 0. The average molecular weight is 420 g/mol. The van der Waals surface area contributed by atoms with Crippen molar-refractivity contribution in [2.75, 3.05) is 19.0 Å². The molecule has 2 aromatic carbocycles. The summed E-state index contributed by atoms with van der Waals surface area (Å²) in [6, 6.07) is 18.4. The highest BCUT2D eigenvalue weighted by molar-refractivity contribution is 8.18. The molecule has 0 unspecified atom stereocenters. The van der Waals surface area contributed by atoms with E-state index in [1.54, 1.807) is 0 Å². The molecule has 4 rings (SSSR count). The summed E-state index contributed by atoms with van der Waals surface area (Å²) in [5.41, 5.74) is 3.07. The van der Waals surface area contributed by atoms with Gasteiger partial charge >= 0.3 is 0 Å². The van der Waals surface area contributed by atoms with Crippen LogP contribution in [0, 0.1) is 5.92 Å². The topological polar surface area (TPSA) is 35.9 Å². The third-order valence-corrected chi connectivity index (χ3v) is 6.91. The number of thioether (sulfide) groups is 1. The van der Waals surface area contributed by atoms with E-state index in [0.717, 1.165) is 33.4 Å². The number of nitrogens with zero attached hydrogens (tertiary/aromatic N) is 3. The molecule has 2 fully saturated rings. The first-order valence-corrected chi connectivity index (χ1v) is 11.5. The van der Waals surface area contributed by atoms with Gasteiger partial charge in [0, 0.05) is 25.8 Å². The smallest absolute Gasteiger partial charge is 0.267 e. The second kappa shape index (κ2) is 9.09. The summed E-state index contributed by atoms with van der Waals surface area (Å²) in [4.78, 5) is 23.1. The fraction of sp³-hybridized carbons (Fsp3) is 0.360. The van der Waals surface area contributed by atoms with Crippen molar-refractivity contribution >= 4 is 40.3 Å². The molecule has 4 nitrogen and oxygen atoms in total. The van der Waals surface area contributed by atoms with Gasteiger partial charge in [-0.15, -0.1) is 0 Å². The third kappa shape index (κ3) is 4.46. The van der Waals surface area contributed by atoms with Crippen molar-refractivity contribution in [1.29, 1.82) is 0 Å². The first kappa shape index (κ1) is 20.7. The fourth-order valence-corrected chi connectivity index (χ4v) is 5.22. The van der Waals surface area contributed by atoms with E-state index in [2.05, 4.69) is 36.1 Å². The van der Waals surface area contributed by atoms with Gasteiger partial charge in [-0.2, -0.15) is 0 Å². The SMILES string of the molecule is C[C@@H]1CCCC[C@@H]1N1C(=O)/C(=C/c2ccc(N(C)C)cc2)SC1=Nc1ccccc1. The van der Waals surface area contributed by atoms with Crippen molar-refractivity contribution in [3.63, 3.8) is 0 Å². The number of carbonyl (C=O) groups excluding carboxylic acids is 1. The number of amidine groups is 1. The number of rotatable bonds is 4. The second-order valence-electron chi connectivity index (χ2n) is 8.33. The van der Waals surface area contributed by atoms with Crippen LogP contribution in [0.2, 0.25) is 0 Å². The minimum absolute atomic E-state index is 0.0881. The first-order valence-electron chi connectivity index (χ1n) is 10.7. The van der Waals surface area contributed by atoms with Crippen LogP contribution in [0.5, 0.6) is 0 Å². The Morgan fingerprint density at radius 2 is 1.73 bits per heavy atom. The number of hydrogen-bond donors (Lipinski definition) is 0. The van der Waals surface area contributed by atoms with Crippen LogP contribution in [-0.2, 0) is 4.79 Å². The Balaban J connectivity index is 1.68. The zero-order chi connectivity index (χ0) is 21.1. The lowest BCUT2D eigenvalue weighted by atomic mass is 9.85. The van der Waals surface area contributed by atoms with E-state index in [1.807, 2.05) is 55.4 Å². The molecule has 1 amide bonds. The van der Waals surface area contributed by atoms with Crippen LogP contribution in [-0.4, -0.2) is 36.1 Å². The van der Waals surface area contributed by atoms with Gasteiger partial charge in [-0.05, 0) is 66.4 Å². The second-order valence-corrected chi connectivity index (χ2v) is 9.34. The number of para-hydroxylation sites is 1. The number of benzene rings is 2. The lowest BCUT2D eigenvalue weighted by Gasteiger charge is -2.35. The number of amides is 1. The van der Waals surface area contributed by atoms with E-state index >= 15 is 0 Å². The van der Waals surface area contributed by atoms with Crippen LogP contribution in [0.1, 0.15) is 38.2 Å². The van der Waals surface area contributed by atoms with Crippen LogP contribution in [0.25, 0.3) is 6.08 Å². The maximum atomic E-state index is 13.5. The fourth-order valence-electron chi connectivity index (χ4n) is 4.17. The molecule has 0 bridgehead atoms. The molecule has 1 aliphatic heterocycles. The summed E-state index contributed by atoms with van der Waals surface area (Å²) in [6.07, 6.45) is 6.64. The Hall–Kier alpha value is -2.53. The first-order chi connectivity index (χ1) is 14.5. The highest BCUT2D eigenvalue weighted by atomic mass is 32.2. The third-order valence-electron chi connectivity index (χ3n) is 5.92. The summed E-state index contributed by atoms with van der Waals surface area (Å²) in [6.45, 7) is 2.27. The molecule has 156 valence electrons. The van der Waals surface area contributed by atoms with Gasteiger partial charge < -0.3 is 4.90 Å². The Morgan fingerprint density at radius 3 is 2.40 bits per heavy atom. The van der Waals surface area contributed by atoms with E-state index in [1.165, 1.54) is 31.0 Å². The van der Waals surface area contributed by atoms with Crippen LogP contribution in [0.3, 0.4) is 0 Å². The quantitative estimate of drug-likeness (QED) is 0.576.